The second-order valence-electron chi connectivity index (χ2n) is 4.68. The molecule has 1 saturated heterocycles. The minimum absolute atomic E-state index is 0.218. The first-order chi connectivity index (χ1) is 8.70. The summed E-state index contributed by atoms with van der Waals surface area (Å²) in [7, 11) is 0. The molecule has 0 unspecified atom stereocenters. The zero-order valence-electron chi connectivity index (χ0n) is 10.7. The topological polar surface area (TPSA) is 32.7 Å². The first-order valence-corrected chi connectivity index (χ1v) is 6.51. The predicted octanol–water partition coefficient (Wildman–Crippen LogP) is 2.53. The first-order valence-electron chi connectivity index (χ1n) is 6.51. The fourth-order valence-corrected chi connectivity index (χ4v) is 2.40. The van der Waals surface area contributed by atoms with Crippen molar-refractivity contribution in [2.24, 2.45) is 0 Å². The van der Waals surface area contributed by atoms with E-state index in [2.05, 4.69) is 4.90 Å². The number of nitrogens with zero attached hydrogens (tertiary/aromatic N) is 1. The summed E-state index contributed by atoms with van der Waals surface area (Å²) in [5.74, 6) is -0.763. The van der Waals surface area contributed by atoms with E-state index in [1.54, 1.807) is 12.1 Å². The van der Waals surface area contributed by atoms with Crippen LogP contribution in [-0.2, 0) is 11.3 Å². The van der Waals surface area contributed by atoms with Crippen LogP contribution in [0.2, 0.25) is 0 Å². The van der Waals surface area contributed by atoms with Crippen molar-refractivity contribution >= 4 is 0 Å². The van der Waals surface area contributed by atoms with Gasteiger partial charge < -0.3 is 9.84 Å². The number of piperidine rings is 1. The van der Waals surface area contributed by atoms with E-state index in [4.69, 9.17) is 4.74 Å². The van der Waals surface area contributed by atoms with Gasteiger partial charge in [-0.25, -0.2) is 4.39 Å². The van der Waals surface area contributed by atoms with Crippen molar-refractivity contribution in [1.82, 2.24) is 4.90 Å². The van der Waals surface area contributed by atoms with Crippen molar-refractivity contribution in [3.63, 3.8) is 0 Å². The predicted molar refractivity (Wildman–Crippen MR) is 68.0 cm³/mol. The Kier molecular flexibility index (Phi) is 4.55. The molecule has 1 aliphatic rings. The second kappa shape index (κ2) is 6.16. The van der Waals surface area contributed by atoms with Crippen LogP contribution in [0.4, 0.5) is 4.39 Å². The molecule has 0 saturated carbocycles. The lowest BCUT2D eigenvalue weighted by Crippen LogP contribution is -2.36. The van der Waals surface area contributed by atoms with Crippen LogP contribution in [-0.4, -0.2) is 35.8 Å². The average molecular weight is 253 g/mol. The van der Waals surface area contributed by atoms with E-state index in [1.807, 2.05) is 6.92 Å². The standard InChI is InChI=1S/C14H20FNO2/c1-2-18-12-6-8-16(9-7-12)10-11-4-3-5-13(15)14(11)17/h3-5,12,17H,2,6-10H2,1H3. The van der Waals surface area contributed by atoms with Crippen LogP contribution >= 0.6 is 0 Å². The molecule has 0 aromatic heterocycles. The number of halogens is 1. The third kappa shape index (κ3) is 3.21. The molecule has 0 spiro atoms. The van der Waals surface area contributed by atoms with E-state index in [9.17, 15) is 9.50 Å². The van der Waals surface area contributed by atoms with Gasteiger partial charge in [-0.1, -0.05) is 12.1 Å². The Labute approximate surface area is 107 Å². The molecule has 1 N–H and O–H groups in total. The Hall–Kier alpha value is -1.13. The van der Waals surface area contributed by atoms with Crippen LogP contribution in [0.15, 0.2) is 18.2 Å². The normalized spacial score (nSPS) is 18.1. The van der Waals surface area contributed by atoms with Gasteiger partial charge in [0.15, 0.2) is 11.6 Å². The zero-order chi connectivity index (χ0) is 13.0. The summed E-state index contributed by atoms with van der Waals surface area (Å²) in [5, 5.41) is 9.64. The smallest absolute Gasteiger partial charge is 0.165 e. The van der Waals surface area contributed by atoms with E-state index in [-0.39, 0.29) is 5.75 Å². The van der Waals surface area contributed by atoms with Crippen LogP contribution in [0.25, 0.3) is 0 Å². The minimum Gasteiger partial charge on any atom is -0.505 e. The lowest BCUT2D eigenvalue weighted by atomic mass is 10.1. The highest BCUT2D eigenvalue weighted by atomic mass is 19.1. The molecule has 4 heteroatoms. The van der Waals surface area contributed by atoms with Crippen LogP contribution in [0.5, 0.6) is 5.75 Å². The molecule has 100 valence electrons. The van der Waals surface area contributed by atoms with E-state index < -0.39 is 5.82 Å². The van der Waals surface area contributed by atoms with Gasteiger partial charge in [-0.15, -0.1) is 0 Å². The SMILES string of the molecule is CCOC1CCN(Cc2cccc(F)c2O)CC1. The van der Waals surface area contributed by atoms with Crippen LogP contribution in [0.3, 0.4) is 0 Å². The quantitative estimate of drug-likeness (QED) is 0.895. The molecule has 0 radical (unpaired) electrons. The van der Waals surface area contributed by atoms with Crippen LogP contribution in [0.1, 0.15) is 25.3 Å². The van der Waals surface area contributed by atoms with E-state index >= 15 is 0 Å². The molecule has 0 atom stereocenters. The number of para-hydroxylation sites is 1. The van der Waals surface area contributed by atoms with Crippen LogP contribution < -0.4 is 0 Å². The van der Waals surface area contributed by atoms with Crippen molar-refractivity contribution in [2.45, 2.75) is 32.4 Å². The van der Waals surface area contributed by atoms with E-state index in [0.717, 1.165) is 32.5 Å². The fourth-order valence-electron chi connectivity index (χ4n) is 2.40. The van der Waals surface area contributed by atoms with Crippen molar-refractivity contribution in [1.29, 1.82) is 0 Å². The molecule has 1 aliphatic heterocycles. The monoisotopic (exact) mass is 253 g/mol. The molecule has 0 bridgehead atoms. The maximum absolute atomic E-state index is 13.2. The molecule has 0 aliphatic carbocycles. The number of hydrogen-bond acceptors (Lipinski definition) is 3. The summed E-state index contributed by atoms with van der Waals surface area (Å²) in [5.41, 5.74) is 0.657. The highest BCUT2D eigenvalue weighted by molar-refractivity contribution is 5.33. The number of benzene rings is 1. The Morgan fingerprint density at radius 1 is 1.39 bits per heavy atom. The summed E-state index contributed by atoms with van der Waals surface area (Å²) < 4.78 is 18.8. The summed E-state index contributed by atoms with van der Waals surface area (Å²) in [6.45, 7) is 5.23. The number of ether oxygens (including phenoxy) is 1. The van der Waals surface area contributed by atoms with Gasteiger partial charge in [0.1, 0.15) is 0 Å². The lowest BCUT2D eigenvalue weighted by Gasteiger charge is -2.31. The largest absolute Gasteiger partial charge is 0.505 e. The summed E-state index contributed by atoms with van der Waals surface area (Å²) in [4.78, 5) is 2.23. The maximum atomic E-state index is 13.2. The number of aromatic hydroxyl groups is 1. The van der Waals surface area contributed by atoms with Gasteiger partial charge in [-0.3, -0.25) is 4.90 Å². The van der Waals surface area contributed by atoms with Crippen molar-refractivity contribution in [3.8, 4) is 5.75 Å². The third-order valence-corrected chi connectivity index (χ3v) is 3.40. The number of hydrogen-bond donors (Lipinski definition) is 1. The maximum Gasteiger partial charge on any atom is 0.165 e. The van der Waals surface area contributed by atoms with Crippen molar-refractivity contribution in [2.75, 3.05) is 19.7 Å². The summed E-state index contributed by atoms with van der Waals surface area (Å²) in [6, 6.07) is 4.69. The van der Waals surface area contributed by atoms with Gasteiger partial charge in [0.05, 0.1) is 6.10 Å². The molecule has 2 rings (SSSR count). The summed E-state index contributed by atoms with van der Waals surface area (Å²) >= 11 is 0. The van der Waals surface area contributed by atoms with Gasteiger partial charge in [-0.05, 0) is 25.8 Å². The Morgan fingerprint density at radius 2 is 2.11 bits per heavy atom. The van der Waals surface area contributed by atoms with Gasteiger partial charge in [0, 0.05) is 31.8 Å². The number of likely N-dealkylation sites (tertiary alicyclic amines) is 1. The molecular formula is C14H20FNO2. The molecule has 1 aromatic rings. The first kappa shape index (κ1) is 13.3. The second-order valence-corrected chi connectivity index (χ2v) is 4.68. The molecular weight excluding hydrogens is 233 g/mol. The fraction of sp³-hybridized carbons (Fsp3) is 0.571. The molecule has 1 fully saturated rings. The number of phenols is 1. The highest BCUT2D eigenvalue weighted by Crippen LogP contribution is 2.24. The third-order valence-electron chi connectivity index (χ3n) is 3.40. The zero-order valence-corrected chi connectivity index (χ0v) is 10.7. The molecule has 1 heterocycles. The van der Waals surface area contributed by atoms with Gasteiger partial charge >= 0.3 is 0 Å². The molecule has 0 amide bonds. The van der Waals surface area contributed by atoms with Gasteiger partial charge in [0.2, 0.25) is 0 Å². The highest BCUT2D eigenvalue weighted by Gasteiger charge is 2.20. The van der Waals surface area contributed by atoms with Crippen molar-refractivity contribution < 1.29 is 14.2 Å². The Bertz CT molecular complexity index is 389. The van der Waals surface area contributed by atoms with E-state index in [1.165, 1.54) is 6.07 Å². The van der Waals surface area contributed by atoms with E-state index in [0.29, 0.717) is 18.2 Å². The van der Waals surface area contributed by atoms with Gasteiger partial charge in [-0.2, -0.15) is 0 Å². The molecule has 18 heavy (non-hydrogen) atoms. The minimum atomic E-state index is -0.545. The van der Waals surface area contributed by atoms with Gasteiger partial charge in [0.25, 0.3) is 0 Å². The Morgan fingerprint density at radius 3 is 2.78 bits per heavy atom. The summed E-state index contributed by atoms with van der Waals surface area (Å²) in [6.07, 6.45) is 2.36. The number of rotatable bonds is 4. The van der Waals surface area contributed by atoms with Crippen molar-refractivity contribution in [3.05, 3.63) is 29.6 Å². The average Bonchev–Trinajstić information content (AvgIpc) is 2.38. The molecule has 1 aromatic carbocycles. The lowest BCUT2D eigenvalue weighted by molar-refractivity contribution is 0.0124. The Balaban J connectivity index is 1.90. The molecule has 3 nitrogen and oxygen atoms in total. The van der Waals surface area contributed by atoms with Crippen LogP contribution in [0, 0.1) is 5.82 Å². The number of phenolic OH excluding ortho intramolecular Hbond substituents is 1.